The van der Waals surface area contributed by atoms with Crippen molar-refractivity contribution in [3.8, 4) is 0 Å². The van der Waals surface area contributed by atoms with Crippen LogP contribution in [0, 0.1) is 0 Å². The molecule has 1 amide bonds. The monoisotopic (exact) mass is 410 g/mol. The quantitative estimate of drug-likeness (QED) is 0.706. The Morgan fingerprint density at radius 2 is 1.81 bits per heavy atom. The summed E-state index contributed by atoms with van der Waals surface area (Å²) >= 11 is 5.79. The van der Waals surface area contributed by atoms with Gasteiger partial charge < -0.3 is 9.64 Å². The number of halogens is 1. The van der Waals surface area contributed by atoms with Crippen molar-refractivity contribution in [1.82, 2.24) is 4.72 Å². The minimum absolute atomic E-state index is 0.0745. The van der Waals surface area contributed by atoms with E-state index in [0.717, 1.165) is 0 Å². The smallest absolute Gasteiger partial charge is 0.324 e. The van der Waals surface area contributed by atoms with E-state index in [1.807, 2.05) is 6.07 Å². The van der Waals surface area contributed by atoms with Crippen LogP contribution in [0.5, 0.6) is 0 Å². The molecule has 2 aromatic carbocycles. The topological polar surface area (TPSA) is 92.8 Å². The van der Waals surface area contributed by atoms with Crippen molar-refractivity contribution >= 4 is 39.2 Å². The molecule has 0 aromatic heterocycles. The maximum atomic E-state index is 12.3. The summed E-state index contributed by atoms with van der Waals surface area (Å²) in [6.45, 7) is 0.823. The van der Waals surface area contributed by atoms with Crippen molar-refractivity contribution in [2.45, 2.75) is 17.9 Å². The lowest BCUT2D eigenvalue weighted by atomic mass is 10.3. The van der Waals surface area contributed by atoms with E-state index in [0.29, 0.717) is 5.69 Å². The summed E-state index contributed by atoms with van der Waals surface area (Å²) in [6, 6.07) is 13.3. The lowest BCUT2D eigenvalue weighted by Crippen LogP contribution is -2.41. The first kappa shape index (κ1) is 20.9. The molecule has 0 saturated carbocycles. The number of ether oxygens (including phenoxy) is 1. The number of nitrogens with zero attached hydrogens (tertiary/aromatic N) is 1. The highest BCUT2D eigenvalue weighted by Gasteiger charge is 2.24. The lowest BCUT2D eigenvalue weighted by molar-refractivity contribution is -0.149. The highest BCUT2D eigenvalue weighted by molar-refractivity contribution is 7.89. The summed E-state index contributed by atoms with van der Waals surface area (Å²) < 4.78 is 31.7. The number of hydrogen-bond donors (Lipinski definition) is 1. The number of para-hydroxylation sites is 1. The Morgan fingerprint density at radius 1 is 1.15 bits per heavy atom. The Hall–Kier alpha value is -2.42. The number of hydrogen-bond acceptors (Lipinski definition) is 5. The van der Waals surface area contributed by atoms with E-state index in [-0.39, 0.29) is 9.92 Å². The molecule has 0 saturated heterocycles. The van der Waals surface area contributed by atoms with Crippen LogP contribution >= 0.6 is 11.6 Å². The highest BCUT2D eigenvalue weighted by atomic mass is 35.5. The fourth-order valence-corrected chi connectivity index (χ4v) is 3.63. The zero-order valence-electron chi connectivity index (χ0n) is 14.8. The standard InChI is InChI=1S/C18H19ClN2O5S/c1-13(20-27(24,25)16-10-6-7-14(19)11-16)18(23)26-12-17(22)21(2)15-8-4-3-5-9-15/h3-11,13,20H,12H2,1-2H3/t13-/m0/s1. The molecule has 0 unspecified atom stereocenters. The number of anilines is 1. The van der Waals surface area contributed by atoms with Crippen LogP contribution in [0.15, 0.2) is 59.5 Å². The summed E-state index contributed by atoms with van der Waals surface area (Å²) in [5.41, 5.74) is 0.647. The van der Waals surface area contributed by atoms with Crippen molar-refractivity contribution in [2.24, 2.45) is 0 Å². The van der Waals surface area contributed by atoms with Gasteiger partial charge in [0.25, 0.3) is 5.91 Å². The van der Waals surface area contributed by atoms with Crippen molar-refractivity contribution in [3.63, 3.8) is 0 Å². The Labute approximate surface area is 162 Å². The molecule has 9 heteroatoms. The Morgan fingerprint density at radius 3 is 2.44 bits per heavy atom. The number of esters is 1. The highest BCUT2D eigenvalue weighted by Crippen LogP contribution is 2.16. The molecule has 7 nitrogen and oxygen atoms in total. The van der Waals surface area contributed by atoms with Crippen molar-refractivity contribution in [2.75, 3.05) is 18.6 Å². The van der Waals surface area contributed by atoms with Crippen LogP contribution in [0.1, 0.15) is 6.92 Å². The molecule has 27 heavy (non-hydrogen) atoms. The maximum absolute atomic E-state index is 12.3. The van der Waals surface area contributed by atoms with E-state index >= 15 is 0 Å². The predicted octanol–water partition coefficient (Wildman–Crippen LogP) is 2.21. The van der Waals surface area contributed by atoms with E-state index in [1.165, 1.54) is 36.1 Å². The van der Waals surface area contributed by atoms with Gasteiger partial charge in [-0.25, -0.2) is 8.42 Å². The predicted molar refractivity (Wildman–Crippen MR) is 102 cm³/mol. The number of rotatable bonds is 7. The second-order valence-corrected chi connectivity index (χ2v) is 7.85. The van der Waals surface area contributed by atoms with Crippen molar-refractivity contribution in [1.29, 1.82) is 0 Å². The van der Waals surface area contributed by atoms with Crippen molar-refractivity contribution < 1.29 is 22.7 Å². The van der Waals surface area contributed by atoms with Crippen LogP contribution in [0.4, 0.5) is 5.69 Å². The number of carbonyl (C=O) groups is 2. The van der Waals surface area contributed by atoms with Gasteiger partial charge in [-0.15, -0.1) is 0 Å². The minimum atomic E-state index is -3.96. The van der Waals surface area contributed by atoms with Gasteiger partial charge in [0.2, 0.25) is 10.0 Å². The number of carbonyl (C=O) groups excluding carboxylic acids is 2. The Kier molecular flexibility index (Phi) is 6.95. The first-order chi connectivity index (χ1) is 12.7. The molecular formula is C18H19ClN2O5S. The van der Waals surface area contributed by atoms with Gasteiger partial charge in [0.15, 0.2) is 6.61 Å². The number of amides is 1. The molecule has 2 aromatic rings. The first-order valence-corrected chi connectivity index (χ1v) is 9.83. The van der Waals surface area contributed by atoms with Gasteiger partial charge in [-0.1, -0.05) is 35.9 Å². The van der Waals surface area contributed by atoms with E-state index in [2.05, 4.69) is 4.72 Å². The van der Waals surface area contributed by atoms with Crippen LogP contribution in [0.3, 0.4) is 0 Å². The molecule has 0 heterocycles. The minimum Gasteiger partial charge on any atom is -0.454 e. The summed E-state index contributed by atoms with van der Waals surface area (Å²) in [6.07, 6.45) is 0. The van der Waals surface area contributed by atoms with Crippen LogP contribution in [0.25, 0.3) is 0 Å². The molecular weight excluding hydrogens is 392 g/mol. The first-order valence-electron chi connectivity index (χ1n) is 7.97. The van der Waals surface area contributed by atoms with Crippen molar-refractivity contribution in [3.05, 3.63) is 59.6 Å². The van der Waals surface area contributed by atoms with Gasteiger partial charge in [0.1, 0.15) is 6.04 Å². The number of sulfonamides is 1. The Balaban J connectivity index is 1.93. The third-order valence-corrected chi connectivity index (χ3v) is 5.42. The molecule has 0 fully saturated rings. The second kappa shape index (κ2) is 8.98. The fourth-order valence-electron chi connectivity index (χ4n) is 2.13. The number of nitrogens with one attached hydrogen (secondary N) is 1. The van der Waals surface area contributed by atoms with Crippen LogP contribution in [0.2, 0.25) is 5.02 Å². The molecule has 144 valence electrons. The zero-order valence-corrected chi connectivity index (χ0v) is 16.3. The number of likely N-dealkylation sites (N-methyl/N-ethyl adjacent to an activating group) is 1. The van der Waals surface area contributed by atoms with Gasteiger partial charge >= 0.3 is 5.97 Å². The third-order valence-electron chi connectivity index (χ3n) is 3.65. The van der Waals surface area contributed by atoms with E-state index in [1.54, 1.807) is 31.3 Å². The lowest BCUT2D eigenvalue weighted by Gasteiger charge is -2.18. The normalized spacial score (nSPS) is 12.3. The molecule has 0 aliphatic heterocycles. The van der Waals surface area contributed by atoms with Gasteiger partial charge in [0.05, 0.1) is 4.90 Å². The van der Waals surface area contributed by atoms with E-state index < -0.39 is 34.5 Å². The average molecular weight is 411 g/mol. The summed E-state index contributed by atoms with van der Waals surface area (Å²) in [5, 5.41) is 0.252. The average Bonchev–Trinajstić information content (AvgIpc) is 2.65. The summed E-state index contributed by atoms with van der Waals surface area (Å²) in [5.74, 6) is -1.31. The maximum Gasteiger partial charge on any atom is 0.324 e. The molecule has 0 spiro atoms. The molecule has 2 rings (SSSR count). The third kappa shape index (κ3) is 5.78. The molecule has 0 aliphatic carbocycles. The molecule has 0 bridgehead atoms. The van der Waals surface area contributed by atoms with Gasteiger partial charge in [0, 0.05) is 17.8 Å². The largest absolute Gasteiger partial charge is 0.454 e. The van der Waals surface area contributed by atoms with Crippen LogP contribution < -0.4 is 9.62 Å². The van der Waals surface area contributed by atoms with Crippen LogP contribution in [-0.4, -0.2) is 40.0 Å². The van der Waals surface area contributed by atoms with Gasteiger partial charge in [-0.2, -0.15) is 4.72 Å². The number of benzene rings is 2. The summed E-state index contributed by atoms with van der Waals surface area (Å²) in [7, 11) is -2.40. The molecule has 0 radical (unpaired) electrons. The van der Waals surface area contributed by atoms with E-state index in [9.17, 15) is 18.0 Å². The van der Waals surface area contributed by atoms with Gasteiger partial charge in [-0.05, 0) is 37.3 Å². The molecule has 0 aliphatic rings. The molecule has 1 N–H and O–H groups in total. The van der Waals surface area contributed by atoms with Crippen LogP contribution in [-0.2, 0) is 24.3 Å². The van der Waals surface area contributed by atoms with E-state index in [4.69, 9.17) is 16.3 Å². The van der Waals surface area contributed by atoms with Gasteiger partial charge in [-0.3, -0.25) is 9.59 Å². The molecule has 1 atom stereocenters. The fraction of sp³-hybridized carbons (Fsp3) is 0.222. The zero-order chi connectivity index (χ0) is 20.0. The SMILES string of the molecule is C[C@H](NS(=O)(=O)c1cccc(Cl)c1)C(=O)OCC(=O)N(C)c1ccccc1. The Bertz CT molecular complexity index is 918. The summed E-state index contributed by atoms with van der Waals surface area (Å²) in [4.78, 5) is 25.4. The second-order valence-electron chi connectivity index (χ2n) is 5.70.